The lowest BCUT2D eigenvalue weighted by Gasteiger charge is -2.42. The van der Waals surface area contributed by atoms with E-state index in [1.807, 2.05) is 35.2 Å². The molecule has 6 heteroatoms. The van der Waals surface area contributed by atoms with E-state index in [0.717, 1.165) is 56.6 Å². The first-order valence-electron chi connectivity index (χ1n) is 12.5. The van der Waals surface area contributed by atoms with Crippen LogP contribution in [0, 0.1) is 0 Å². The van der Waals surface area contributed by atoms with Gasteiger partial charge in [-0.15, -0.1) is 0 Å². The summed E-state index contributed by atoms with van der Waals surface area (Å²) < 4.78 is 5.19. The van der Waals surface area contributed by atoms with Gasteiger partial charge in [0.1, 0.15) is 5.75 Å². The van der Waals surface area contributed by atoms with E-state index in [2.05, 4.69) is 34.5 Å². The summed E-state index contributed by atoms with van der Waals surface area (Å²) in [5, 5.41) is 3.20. The number of nitrogens with zero attached hydrogens (tertiary/aromatic N) is 2. The highest BCUT2D eigenvalue weighted by Crippen LogP contribution is 2.43. The van der Waals surface area contributed by atoms with Crippen molar-refractivity contribution in [3.63, 3.8) is 0 Å². The molecule has 0 radical (unpaired) electrons. The van der Waals surface area contributed by atoms with E-state index in [-0.39, 0.29) is 17.2 Å². The number of hydrogen-bond donors (Lipinski definition) is 1. The molecule has 1 saturated heterocycles. The van der Waals surface area contributed by atoms with E-state index in [0.29, 0.717) is 26.1 Å². The molecule has 2 amide bonds. The number of carbonyl (C=O) groups is 2. The number of amides is 2. The van der Waals surface area contributed by atoms with Gasteiger partial charge in [-0.2, -0.15) is 0 Å². The summed E-state index contributed by atoms with van der Waals surface area (Å²) in [6.07, 6.45) is 5.63. The maximum atomic E-state index is 12.8. The molecule has 2 aliphatic rings. The normalized spacial score (nSPS) is 18.0. The number of ether oxygens (including phenoxy) is 1. The number of carbonyl (C=O) groups excluding carboxylic acids is 2. The zero-order chi connectivity index (χ0) is 23.8. The van der Waals surface area contributed by atoms with E-state index < -0.39 is 0 Å². The Morgan fingerprint density at radius 2 is 1.71 bits per heavy atom. The van der Waals surface area contributed by atoms with Gasteiger partial charge in [-0.05, 0) is 48.9 Å². The quantitative estimate of drug-likeness (QED) is 0.619. The molecule has 0 bridgehead atoms. The molecule has 2 aromatic rings. The lowest BCUT2D eigenvalue weighted by atomic mass is 9.64. The fourth-order valence-electron chi connectivity index (χ4n) is 5.07. The fraction of sp³-hybridized carbons (Fsp3) is 0.500. The van der Waals surface area contributed by atoms with Crippen LogP contribution in [0.5, 0.6) is 5.75 Å². The Morgan fingerprint density at radius 1 is 0.941 bits per heavy atom. The highest BCUT2D eigenvalue weighted by molar-refractivity contribution is 5.78. The molecule has 0 spiro atoms. The molecule has 1 heterocycles. The Bertz CT molecular complexity index is 941. The molecule has 2 fully saturated rings. The molecular formula is C28H37N3O3. The molecule has 2 aromatic carbocycles. The second-order valence-electron chi connectivity index (χ2n) is 9.64. The summed E-state index contributed by atoms with van der Waals surface area (Å²) in [5.74, 6) is 1.10. The first kappa shape index (κ1) is 24.3. The van der Waals surface area contributed by atoms with Gasteiger partial charge in [0.05, 0.1) is 13.7 Å². The number of nitrogens with one attached hydrogen (secondary N) is 1. The summed E-state index contributed by atoms with van der Waals surface area (Å²) in [6, 6.07) is 18.5. The van der Waals surface area contributed by atoms with E-state index in [1.54, 1.807) is 7.11 Å². The second-order valence-corrected chi connectivity index (χ2v) is 9.64. The minimum absolute atomic E-state index is 0.0847. The molecule has 34 heavy (non-hydrogen) atoms. The zero-order valence-electron chi connectivity index (χ0n) is 20.3. The van der Waals surface area contributed by atoms with Crippen molar-refractivity contribution in [1.82, 2.24) is 15.1 Å². The van der Waals surface area contributed by atoms with Crippen LogP contribution in [0.3, 0.4) is 0 Å². The SMILES string of the molecule is COc1ccc(CCC(=O)N2CCCN(CC(=O)NCC3(c4ccccc4)CCC3)CC2)cc1. The van der Waals surface area contributed by atoms with Crippen molar-refractivity contribution in [2.75, 3.05) is 46.4 Å². The molecule has 4 rings (SSSR count). The predicted octanol–water partition coefficient (Wildman–Crippen LogP) is 3.40. The minimum Gasteiger partial charge on any atom is -0.497 e. The maximum Gasteiger partial charge on any atom is 0.234 e. The third-order valence-corrected chi connectivity index (χ3v) is 7.42. The molecule has 1 saturated carbocycles. The second kappa shape index (κ2) is 11.5. The number of methoxy groups -OCH3 is 1. The molecule has 182 valence electrons. The van der Waals surface area contributed by atoms with E-state index in [4.69, 9.17) is 4.74 Å². The van der Waals surface area contributed by atoms with Crippen LogP contribution in [-0.2, 0) is 21.4 Å². The third-order valence-electron chi connectivity index (χ3n) is 7.42. The van der Waals surface area contributed by atoms with Crippen molar-refractivity contribution in [1.29, 1.82) is 0 Å². The predicted molar refractivity (Wildman–Crippen MR) is 134 cm³/mol. The van der Waals surface area contributed by atoms with E-state index in [1.165, 1.54) is 12.0 Å². The average molecular weight is 464 g/mol. The van der Waals surface area contributed by atoms with Crippen molar-refractivity contribution < 1.29 is 14.3 Å². The number of rotatable bonds is 9. The summed E-state index contributed by atoms with van der Waals surface area (Å²) in [7, 11) is 1.65. The Balaban J connectivity index is 1.20. The van der Waals surface area contributed by atoms with Gasteiger partial charge in [0.15, 0.2) is 0 Å². The van der Waals surface area contributed by atoms with Gasteiger partial charge in [0, 0.05) is 44.6 Å². The Morgan fingerprint density at radius 3 is 2.38 bits per heavy atom. The lowest BCUT2D eigenvalue weighted by molar-refractivity contribution is -0.131. The number of aryl methyl sites for hydroxylation is 1. The van der Waals surface area contributed by atoms with Gasteiger partial charge < -0.3 is 15.0 Å². The lowest BCUT2D eigenvalue weighted by Crippen LogP contribution is -2.48. The van der Waals surface area contributed by atoms with Crippen LogP contribution in [0.25, 0.3) is 0 Å². The van der Waals surface area contributed by atoms with E-state index in [9.17, 15) is 9.59 Å². The Hall–Kier alpha value is -2.86. The number of hydrogen-bond acceptors (Lipinski definition) is 4. The van der Waals surface area contributed by atoms with Gasteiger partial charge >= 0.3 is 0 Å². The van der Waals surface area contributed by atoms with Crippen LogP contribution in [0.4, 0.5) is 0 Å². The van der Waals surface area contributed by atoms with Gasteiger partial charge in [0.25, 0.3) is 0 Å². The summed E-state index contributed by atoms with van der Waals surface area (Å²) in [6.45, 7) is 4.14. The van der Waals surface area contributed by atoms with Gasteiger partial charge in [-0.1, -0.05) is 48.9 Å². The van der Waals surface area contributed by atoms with Crippen molar-refractivity contribution >= 4 is 11.8 Å². The molecule has 6 nitrogen and oxygen atoms in total. The van der Waals surface area contributed by atoms with Crippen LogP contribution in [0.2, 0.25) is 0 Å². The zero-order valence-corrected chi connectivity index (χ0v) is 20.3. The van der Waals surface area contributed by atoms with Gasteiger partial charge in [0.2, 0.25) is 11.8 Å². The number of benzene rings is 2. The van der Waals surface area contributed by atoms with Crippen LogP contribution < -0.4 is 10.1 Å². The first-order valence-corrected chi connectivity index (χ1v) is 12.5. The maximum absolute atomic E-state index is 12.8. The smallest absolute Gasteiger partial charge is 0.234 e. The topological polar surface area (TPSA) is 61.9 Å². The van der Waals surface area contributed by atoms with Crippen LogP contribution >= 0.6 is 0 Å². The standard InChI is InChI=1S/C28H37N3O3/c1-34-25-12-9-23(10-13-25)11-14-27(33)31-18-6-17-30(19-20-31)21-26(32)29-22-28(15-5-16-28)24-7-3-2-4-8-24/h2-4,7-10,12-13H,5-6,11,14-22H2,1H3,(H,29,32). The molecule has 1 aliphatic heterocycles. The Labute approximate surface area is 203 Å². The fourth-order valence-corrected chi connectivity index (χ4v) is 5.07. The van der Waals surface area contributed by atoms with Crippen LogP contribution in [-0.4, -0.2) is 68.0 Å². The molecule has 0 atom stereocenters. The Kier molecular flexibility index (Phi) is 8.22. The summed E-state index contributed by atoms with van der Waals surface area (Å²) >= 11 is 0. The average Bonchev–Trinajstić information content (AvgIpc) is 3.08. The van der Waals surface area contributed by atoms with Gasteiger partial charge in [-0.25, -0.2) is 0 Å². The molecule has 1 N–H and O–H groups in total. The van der Waals surface area contributed by atoms with Crippen molar-refractivity contribution in [3.05, 3.63) is 65.7 Å². The summed E-state index contributed by atoms with van der Waals surface area (Å²) in [5.41, 5.74) is 2.57. The molecular weight excluding hydrogens is 426 g/mol. The first-order chi connectivity index (χ1) is 16.6. The monoisotopic (exact) mass is 463 g/mol. The van der Waals surface area contributed by atoms with E-state index >= 15 is 0 Å². The summed E-state index contributed by atoms with van der Waals surface area (Å²) in [4.78, 5) is 29.6. The molecule has 0 aromatic heterocycles. The molecule has 1 aliphatic carbocycles. The third kappa shape index (κ3) is 6.17. The highest BCUT2D eigenvalue weighted by Gasteiger charge is 2.38. The largest absolute Gasteiger partial charge is 0.497 e. The molecule has 0 unspecified atom stereocenters. The van der Waals surface area contributed by atoms with Crippen molar-refractivity contribution in [2.24, 2.45) is 0 Å². The van der Waals surface area contributed by atoms with Gasteiger partial charge in [-0.3, -0.25) is 14.5 Å². The highest BCUT2D eigenvalue weighted by atomic mass is 16.5. The van der Waals surface area contributed by atoms with Crippen LogP contribution in [0.15, 0.2) is 54.6 Å². The minimum atomic E-state index is 0.0847. The van der Waals surface area contributed by atoms with Crippen molar-refractivity contribution in [3.8, 4) is 5.75 Å². The van der Waals surface area contributed by atoms with Crippen LogP contribution in [0.1, 0.15) is 43.2 Å². The van der Waals surface area contributed by atoms with Crippen molar-refractivity contribution in [2.45, 2.75) is 43.9 Å².